The van der Waals surface area contributed by atoms with E-state index >= 15 is 0 Å². The molecule has 102 valence electrons. The first kappa shape index (κ1) is 17.2. The number of rotatable bonds is 5. The first-order valence-electron chi connectivity index (χ1n) is 5.34. The molecular weight excluding hydrogens is 361 g/mol. The molecule has 0 spiro atoms. The van der Waals surface area contributed by atoms with Gasteiger partial charge in [-0.3, -0.25) is 4.99 Å². The van der Waals surface area contributed by atoms with Gasteiger partial charge in [0, 0.05) is 33.1 Å². The van der Waals surface area contributed by atoms with Gasteiger partial charge in [-0.25, -0.2) is 4.98 Å². The van der Waals surface area contributed by atoms with Crippen LogP contribution >= 0.6 is 35.3 Å². The second kappa shape index (κ2) is 9.15. The third-order valence-electron chi connectivity index (χ3n) is 2.00. The lowest BCUT2D eigenvalue weighted by Crippen LogP contribution is -2.36. The predicted molar refractivity (Wildman–Crippen MR) is 90.3 cm³/mol. The third-order valence-corrected chi connectivity index (χ3v) is 3.05. The van der Waals surface area contributed by atoms with Crippen LogP contribution in [0.4, 0.5) is 5.13 Å². The Morgan fingerprint density at radius 2 is 2.28 bits per heavy atom. The molecule has 0 saturated carbocycles. The molecule has 1 heterocycles. The summed E-state index contributed by atoms with van der Waals surface area (Å²) in [4.78, 5) is 10.6. The van der Waals surface area contributed by atoms with Crippen molar-refractivity contribution in [2.45, 2.75) is 6.54 Å². The van der Waals surface area contributed by atoms with Gasteiger partial charge >= 0.3 is 0 Å². The summed E-state index contributed by atoms with van der Waals surface area (Å²) in [6.45, 7) is 5.01. The van der Waals surface area contributed by atoms with Crippen molar-refractivity contribution in [1.82, 2.24) is 15.6 Å². The SMILES string of the molecule is C=CCNC(=NC)NCc1csc(N(C)C)n1.I. The van der Waals surface area contributed by atoms with E-state index in [0.717, 1.165) is 16.8 Å². The zero-order valence-electron chi connectivity index (χ0n) is 10.9. The van der Waals surface area contributed by atoms with Crippen LogP contribution in [0.5, 0.6) is 0 Å². The fourth-order valence-corrected chi connectivity index (χ4v) is 1.90. The molecule has 18 heavy (non-hydrogen) atoms. The van der Waals surface area contributed by atoms with Gasteiger partial charge in [0.05, 0.1) is 12.2 Å². The van der Waals surface area contributed by atoms with Crippen molar-refractivity contribution < 1.29 is 0 Å². The van der Waals surface area contributed by atoms with E-state index in [4.69, 9.17) is 0 Å². The largest absolute Gasteiger partial charge is 0.354 e. The molecule has 0 aromatic carbocycles. The first-order chi connectivity index (χ1) is 8.17. The van der Waals surface area contributed by atoms with Gasteiger partial charge in [0.1, 0.15) is 0 Å². The van der Waals surface area contributed by atoms with Crippen molar-refractivity contribution in [3.05, 3.63) is 23.7 Å². The quantitative estimate of drug-likeness (QED) is 0.353. The van der Waals surface area contributed by atoms with Gasteiger partial charge in [0.15, 0.2) is 11.1 Å². The van der Waals surface area contributed by atoms with Crippen LogP contribution in [0.1, 0.15) is 5.69 Å². The number of halogens is 1. The third kappa shape index (κ3) is 5.67. The highest BCUT2D eigenvalue weighted by Gasteiger charge is 2.04. The Morgan fingerprint density at radius 3 is 2.78 bits per heavy atom. The van der Waals surface area contributed by atoms with Crippen LogP contribution in [0.3, 0.4) is 0 Å². The van der Waals surface area contributed by atoms with Gasteiger partial charge in [-0.15, -0.1) is 41.9 Å². The van der Waals surface area contributed by atoms with Gasteiger partial charge in [-0.05, 0) is 0 Å². The van der Waals surface area contributed by atoms with Crippen molar-refractivity contribution >= 4 is 46.4 Å². The van der Waals surface area contributed by atoms with Gasteiger partial charge in [0.2, 0.25) is 0 Å². The van der Waals surface area contributed by atoms with Crippen LogP contribution in [0, 0.1) is 0 Å². The molecule has 0 atom stereocenters. The highest BCUT2D eigenvalue weighted by molar-refractivity contribution is 14.0. The van der Waals surface area contributed by atoms with Crippen LogP contribution in [0.2, 0.25) is 0 Å². The molecule has 0 aliphatic carbocycles. The summed E-state index contributed by atoms with van der Waals surface area (Å²) in [5.74, 6) is 0.754. The number of hydrogen-bond donors (Lipinski definition) is 2. The number of hydrogen-bond acceptors (Lipinski definition) is 4. The highest BCUT2D eigenvalue weighted by atomic mass is 127. The summed E-state index contributed by atoms with van der Waals surface area (Å²) in [5, 5.41) is 9.35. The summed E-state index contributed by atoms with van der Waals surface area (Å²) in [5.41, 5.74) is 1.01. The molecule has 0 bridgehead atoms. The number of nitrogens with one attached hydrogen (secondary N) is 2. The Hall–Kier alpha value is -0.830. The van der Waals surface area contributed by atoms with Gasteiger partial charge < -0.3 is 15.5 Å². The molecule has 1 aromatic rings. The van der Waals surface area contributed by atoms with Crippen molar-refractivity contribution in [2.75, 3.05) is 32.6 Å². The number of anilines is 1. The van der Waals surface area contributed by atoms with Crippen LogP contribution in [0.15, 0.2) is 23.0 Å². The fourth-order valence-electron chi connectivity index (χ4n) is 1.15. The van der Waals surface area contributed by atoms with Crippen molar-refractivity contribution in [2.24, 2.45) is 4.99 Å². The summed E-state index contributed by atoms with van der Waals surface area (Å²) < 4.78 is 0. The standard InChI is InChI=1S/C11H19N5S.HI/c1-5-6-13-10(12-2)14-7-9-8-17-11(15-9)16(3)4;/h5,8H,1,6-7H2,2-4H3,(H2,12,13,14);1H. The van der Waals surface area contributed by atoms with E-state index in [1.165, 1.54) is 0 Å². The molecule has 5 nitrogen and oxygen atoms in total. The summed E-state index contributed by atoms with van der Waals surface area (Å²) >= 11 is 1.63. The predicted octanol–water partition coefficient (Wildman–Crippen LogP) is 1.68. The topological polar surface area (TPSA) is 52.6 Å². The number of guanidine groups is 1. The van der Waals surface area contributed by atoms with Crippen molar-refractivity contribution in [3.8, 4) is 0 Å². The second-order valence-electron chi connectivity index (χ2n) is 3.61. The maximum Gasteiger partial charge on any atom is 0.191 e. The molecule has 2 N–H and O–H groups in total. The van der Waals surface area contributed by atoms with Gasteiger partial charge in [-0.1, -0.05) is 6.08 Å². The zero-order chi connectivity index (χ0) is 12.7. The molecule has 0 radical (unpaired) electrons. The minimum absolute atomic E-state index is 0. The number of nitrogens with zero attached hydrogens (tertiary/aromatic N) is 3. The van der Waals surface area contributed by atoms with Gasteiger partial charge in [0.25, 0.3) is 0 Å². The smallest absolute Gasteiger partial charge is 0.191 e. The maximum absolute atomic E-state index is 4.48. The molecule has 0 fully saturated rings. The lowest BCUT2D eigenvalue weighted by atomic mass is 10.5. The molecule has 0 aliphatic rings. The minimum Gasteiger partial charge on any atom is -0.354 e. The average molecular weight is 381 g/mol. The lowest BCUT2D eigenvalue weighted by Gasteiger charge is -2.09. The van der Waals surface area contributed by atoms with E-state index in [-0.39, 0.29) is 24.0 Å². The van der Waals surface area contributed by atoms with Crippen molar-refractivity contribution in [3.63, 3.8) is 0 Å². The van der Waals surface area contributed by atoms with E-state index in [2.05, 4.69) is 27.2 Å². The lowest BCUT2D eigenvalue weighted by molar-refractivity contribution is 0.828. The molecule has 0 amide bonds. The Morgan fingerprint density at radius 1 is 1.56 bits per heavy atom. The summed E-state index contributed by atoms with van der Waals surface area (Å²) in [6.07, 6.45) is 1.79. The Labute approximate surface area is 129 Å². The number of aliphatic imine (C=N–C) groups is 1. The van der Waals surface area contributed by atoms with Gasteiger partial charge in [-0.2, -0.15) is 0 Å². The molecular formula is C11H20IN5S. The maximum atomic E-state index is 4.48. The van der Waals surface area contributed by atoms with E-state index in [1.54, 1.807) is 24.5 Å². The van der Waals surface area contributed by atoms with Crippen molar-refractivity contribution in [1.29, 1.82) is 0 Å². The Kier molecular flexibility index (Phi) is 8.73. The molecule has 0 unspecified atom stereocenters. The minimum atomic E-state index is 0. The summed E-state index contributed by atoms with van der Waals surface area (Å²) in [6, 6.07) is 0. The van der Waals surface area contributed by atoms with Crippen LogP contribution in [-0.2, 0) is 6.54 Å². The average Bonchev–Trinajstić information content (AvgIpc) is 2.78. The molecule has 0 aliphatic heterocycles. The molecule has 0 saturated heterocycles. The first-order valence-corrected chi connectivity index (χ1v) is 6.22. The van der Waals surface area contributed by atoms with Crippen LogP contribution in [0.25, 0.3) is 0 Å². The van der Waals surface area contributed by atoms with Crippen LogP contribution in [-0.4, -0.2) is 38.6 Å². The highest BCUT2D eigenvalue weighted by Crippen LogP contribution is 2.17. The Bertz CT molecular complexity index is 389. The van der Waals surface area contributed by atoms with E-state index in [1.807, 2.05) is 24.4 Å². The number of thiazole rings is 1. The monoisotopic (exact) mass is 381 g/mol. The van der Waals surface area contributed by atoms with Crippen LogP contribution < -0.4 is 15.5 Å². The van der Waals surface area contributed by atoms with E-state index < -0.39 is 0 Å². The summed E-state index contributed by atoms with van der Waals surface area (Å²) in [7, 11) is 5.71. The molecule has 1 rings (SSSR count). The molecule has 7 heteroatoms. The fraction of sp³-hybridized carbons (Fsp3) is 0.455. The number of aromatic nitrogens is 1. The normalized spacial score (nSPS) is 10.5. The Balaban J connectivity index is 0.00000289. The molecule has 1 aromatic heterocycles. The second-order valence-corrected chi connectivity index (χ2v) is 4.45. The van der Waals surface area contributed by atoms with E-state index in [0.29, 0.717) is 13.1 Å². The zero-order valence-corrected chi connectivity index (χ0v) is 14.1. The van der Waals surface area contributed by atoms with E-state index in [9.17, 15) is 0 Å².